The van der Waals surface area contributed by atoms with Gasteiger partial charge in [-0.1, -0.05) is 37.6 Å². The minimum atomic E-state index is 0.0559. The van der Waals surface area contributed by atoms with E-state index in [2.05, 4.69) is 62.0 Å². The Labute approximate surface area is 156 Å². The van der Waals surface area contributed by atoms with Gasteiger partial charge in [0.05, 0.1) is 11.0 Å². The van der Waals surface area contributed by atoms with E-state index in [1.807, 2.05) is 6.07 Å². The number of carbonyl (C=O) groups excluding carboxylic acids is 1. The molecule has 140 valence electrons. The van der Waals surface area contributed by atoms with Gasteiger partial charge in [-0.2, -0.15) is 0 Å². The maximum Gasteiger partial charge on any atom is 0.216 e. The minimum absolute atomic E-state index is 0.0559. The molecule has 0 spiro atoms. The molecule has 3 unspecified atom stereocenters. The molecule has 26 heavy (non-hydrogen) atoms. The summed E-state index contributed by atoms with van der Waals surface area (Å²) in [6.07, 6.45) is 4.54. The average molecular weight is 354 g/mol. The van der Waals surface area contributed by atoms with Crippen LogP contribution < -0.4 is 5.32 Å². The second kappa shape index (κ2) is 7.65. The van der Waals surface area contributed by atoms with E-state index >= 15 is 0 Å². The molecule has 1 heterocycles. The van der Waals surface area contributed by atoms with E-state index in [-0.39, 0.29) is 5.91 Å². The lowest BCUT2D eigenvalue weighted by atomic mass is 9.69. The standard InChI is InChI=1S/C22H31N3O/c1-14(2)19-11-17(15(3)10-18(19)13-23-16(4)26)12-22-24-20-8-6-7-9-21(20)25(22)5/h6-10,14,17-19H,11-13H2,1-5H3,(H,23,26). The summed E-state index contributed by atoms with van der Waals surface area (Å²) in [6, 6.07) is 8.34. The van der Waals surface area contributed by atoms with Gasteiger partial charge in [-0.05, 0) is 49.1 Å². The van der Waals surface area contributed by atoms with Crippen molar-refractivity contribution < 1.29 is 4.79 Å². The zero-order chi connectivity index (χ0) is 18.8. The van der Waals surface area contributed by atoms with E-state index in [9.17, 15) is 4.79 Å². The number of nitrogens with zero attached hydrogens (tertiary/aromatic N) is 2. The molecule has 2 aromatic rings. The topological polar surface area (TPSA) is 46.9 Å². The maximum absolute atomic E-state index is 11.3. The fraction of sp³-hybridized carbons (Fsp3) is 0.545. The molecule has 0 saturated heterocycles. The number of nitrogens with one attached hydrogen (secondary N) is 1. The summed E-state index contributed by atoms with van der Waals surface area (Å²) in [5, 5.41) is 3.01. The van der Waals surface area contributed by atoms with Crippen LogP contribution in [0.25, 0.3) is 11.0 Å². The fourth-order valence-corrected chi connectivity index (χ4v) is 4.37. The Hall–Kier alpha value is -2.10. The molecule has 0 bridgehead atoms. The molecule has 1 amide bonds. The normalized spacial score (nSPS) is 23.3. The minimum Gasteiger partial charge on any atom is -0.356 e. The zero-order valence-corrected chi connectivity index (χ0v) is 16.6. The smallest absolute Gasteiger partial charge is 0.216 e. The van der Waals surface area contributed by atoms with Crippen LogP contribution in [-0.4, -0.2) is 22.0 Å². The molecule has 3 rings (SSSR count). The average Bonchev–Trinajstić information content (AvgIpc) is 2.91. The van der Waals surface area contributed by atoms with Gasteiger partial charge in [0.1, 0.15) is 5.82 Å². The number of aryl methyl sites for hydroxylation is 1. The second-order valence-corrected chi connectivity index (χ2v) is 8.13. The van der Waals surface area contributed by atoms with Crippen molar-refractivity contribution in [3.05, 3.63) is 41.7 Å². The Morgan fingerprint density at radius 2 is 2.08 bits per heavy atom. The van der Waals surface area contributed by atoms with Gasteiger partial charge < -0.3 is 9.88 Å². The quantitative estimate of drug-likeness (QED) is 0.823. The molecule has 0 aliphatic heterocycles. The number of rotatable bonds is 5. The molecular formula is C22H31N3O. The second-order valence-electron chi connectivity index (χ2n) is 8.13. The first-order chi connectivity index (χ1) is 12.4. The summed E-state index contributed by atoms with van der Waals surface area (Å²) in [5.41, 5.74) is 3.71. The number of allylic oxidation sites excluding steroid dienone is 1. The monoisotopic (exact) mass is 353 g/mol. The third-order valence-electron chi connectivity index (χ3n) is 5.98. The SMILES string of the molecule is CC(=O)NCC1C=C(C)C(Cc2nc3ccccc3n2C)CC1C(C)C. The number of carbonyl (C=O) groups is 1. The number of fused-ring (bicyclic) bond motifs is 1. The van der Waals surface area contributed by atoms with E-state index in [0.717, 1.165) is 30.7 Å². The summed E-state index contributed by atoms with van der Waals surface area (Å²) >= 11 is 0. The van der Waals surface area contributed by atoms with Crippen LogP contribution in [0.1, 0.15) is 39.9 Å². The summed E-state index contributed by atoms with van der Waals surface area (Å²) in [6.45, 7) is 9.18. The van der Waals surface area contributed by atoms with E-state index in [4.69, 9.17) is 4.98 Å². The predicted octanol–water partition coefficient (Wildman–Crippen LogP) is 4.11. The maximum atomic E-state index is 11.3. The Morgan fingerprint density at radius 1 is 1.35 bits per heavy atom. The third-order valence-corrected chi connectivity index (χ3v) is 5.98. The molecule has 4 nitrogen and oxygen atoms in total. The first-order valence-corrected chi connectivity index (χ1v) is 9.70. The van der Waals surface area contributed by atoms with E-state index < -0.39 is 0 Å². The van der Waals surface area contributed by atoms with Crippen LogP contribution in [0, 0.1) is 23.7 Å². The van der Waals surface area contributed by atoms with Crippen molar-refractivity contribution in [2.75, 3.05) is 6.54 Å². The lowest BCUT2D eigenvalue weighted by Crippen LogP contribution is -2.36. The lowest BCUT2D eigenvalue weighted by Gasteiger charge is -2.37. The number of para-hydroxylation sites is 2. The lowest BCUT2D eigenvalue weighted by molar-refractivity contribution is -0.119. The van der Waals surface area contributed by atoms with E-state index in [0.29, 0.717) is 23.7 Å². The number of benzene rings is 1. The molecule has 0 radical (unpaired) electrons. The first-order valence-electron chi connectivity index (χ1n) is 9.70. The van der Waals surface area contributed by atoms with Gasteiger partial charge in [0.2, 0.25) is 5.91 Å². The third kappa shape index (κ3) is 3.84. The summed E-state index contributed by atoms with van der Waals surface area (Å²) < 4.78 is 2.23. The van der Waals surface area contributed by atoms with Crippen LogP contribution in [0.15, 0.2) is 35.9 Å². The van der Waals surface area contributed by atoms with Gasteiger partial charge in [-0.3, -0.25) is 4.79 Å². The van der Waals surface area contributed by atoms with Crippen LogP contribution >= 0.6 is 0 Å². The predicted molar refractivity (Wildman–Crippen MR) is 107 cm³/mol. The van der Waals surface area contributed by atoms with Crippen molar-refractivity contribution in [1.29, 1.82) is 0 Å². The Bertz CT molecular complexity index is 818. The van der Waals surface area contributed by atoms with Crippen molar-refractivity contribution in [3.63, 3.8) is 0 Å². The number of hydrogen-bond acceptors (Lipinski definition) is 2. The highest BCUT2D eigenvalue weighted by Gasteiger charge is 2.32. The fourth-order valence-electron chi connectivity index (χ4n) is 4.37. The molecular weight excluding hydrogens is 322 g/mol. The summed E-state index contributed by atoms with van der Waals surface area (Å²) in [4.78, 5) is 16.2. The largest absolute Gasteiger partial charge is 0.356 e. The summed E-state index contributed by atoms with van der Waals surface area (Å²) in [5.74, 6) is 3.35. The Morgan fingerprint density at radius 3 is 2.73 bits per heavy atom. The molecule has 1 aliphatic carbocycles. The summed E-state index contributed by atoms with van der Waals surface area (Å²) in [7, 11) is 2.12. The zero-order valence-electron chi connectivity index (χ0n) is 16.6. The highest BCUT2D eigenvalue weighted by Crippen LogP contribution is 2.38. The van der Waals surface area contributed by atoms with E-state index in [1.54, 1.807) is 6.92 Å². The Kier molecular flexibility index (Phi) is 5.49. The van der Waals surface area contributed by atoms with Crippen molar-refractivity contribution in [1.82, 2.24) is 14.9 Å². The van der Waals surface area contributed by atoms with Gasteiger partial charge in [0.15, 0.2) is 0 Å². The molecule has 1 aromatic heterocycles. The van der Waals surface area contributed by atoms with Crippen LogP contribution in [0.3, 0.4) is 0 Å². The van der Waals surface area contributed by atoms with Crippen LogP contribution in [0.2, 0.25) is 0 Å². The van der Waals surface area contributed by atoms with Crippen LogP contribution in [0.5, 0.6) is 0 Å². The molecule has 3 atom stereocenters. The molecule has 0 saturated carbocycles. The van der Waals surface area contributed by atoms with E-state index in [1.165, 1.54) is 11.1 Å². The van der Waals surface area contributed by atoms with Gasteiger partial charge in [-0.25, -0.2) is 4.98 Å². The Balaban J connectivity index is 1.82. The highest BCUT2D eigenvalue weighted by molar-refractivity contribution is 5.75. The van der Waals surface area contributed by atoms with Gasteiger partial charge in [-0.15, -0.1) is 0 Å². The van der Waals surface area contributed by atoms with Gasteiger partial charge >= 0.3 is 0 Å². The molecule has 4 heteroatoms. The molecule has 0 fully saturated rings. The molecule has 1 aliphatic rings. The highest BCUT2D eigenvalue weighted by atomic mass is 16.1. The molecule has 1 N–H and O–H groups in total. The van der Waals surface area contributed by atoms with Crippen molar-refractivity contribution in [2.24, 2.45) is 30.7 Å². The van der Waals surface area contributed by atoms with Crippen molar-refractivity contribution in [2.45, 2.75) is 40.5 Å². The number of amides is 1. The number of aromatic nitrogens is 2. The van der Waals surface area contributed by atoms with Crippen molar-refractivity contribution in [3.8, 4) is 0 Å². The van der Waals surface area contributed by atoms with Crippen LogP contribution in [0.4, 0.5) is 0 Å². The van der Waals surface area contributed by atoms with Gasteiger partial charge in [0, 0.05) is 26.9 Å². The van der Waals surface area contributed by atoms with Gasteiger partial charge in [0.25, 0.3) is 0 Å². The number of imidazole rings is 1. The van der Waals surface area contributed by atoms with Crippen LogP contribution in [-0.2, 0) is 18.3 Å². The van der Waals surface area contributed by atoms with Crippen molar-refractivity contribution >= 4 is 16.9 Å². The first kappa shape index (κ1) is 18.7. The number of hydrogen-bond donors (Lipinski definition) is 1. The molecule has 1 aromatic carbocycles.